The van der Waals surface area contributed by atoms with Crippen LogP contribution in [0.3, 0.4) is 0 Å². The first-order valence-corrected chi connectivity index (χ1v) is 9.90. The van der Waals surface area contributed by atoms with E-state index >= 15 is 0 Å². The normalized spacial score (nSPS) is 17.5. The monoisotopic (exact) mass is 426 g/mol. The number of nitrogens with one attached hydrogen (secondary N) is 1. The van der Waals surface area contributed by atoms with Gasteiger partial charge in [-0.05, 0) is 36.8 Å². The topological polar surface area (TPSA) is 71.8 Å². The summed E-state index contributed by atoms with van der Waals surface area (Å²) in [5, 5.41) is 16.2. The summed E-state index contributed by atoms with van der Waals surface area (Å²) < 4.78 is 38.3. The van der Waals surface area contributed by atoms with Crippen LogP contribution in [0.5, 0.6) is 0 Å². The van der Waals surface area contributed by atoms with Crippen molar-refractivity contribution in [3.8, 4) is 17.3 Å². The highest BCUT2D eigenvalue weighted by atomic mass is 19.4. The molecule has 1 saturated heterocycles. The predicted molar refractivity (Wildman–Crippen MR) is 110 cm³/mol. The lowest BCUT2D eigenvalue weighted by Gasteiger charge is -2.40. The summed E-state index contributed by atoms with van der Waals surface area (Å²) in [6.07, 6.45) is -1.68. The molecule has 3 aromatic rings. The van der Waals surface area contributed by atoms with Crippen LogP contribution < -0.4 is 4.90 Å². The fourth-order valence-electron chi connectivity index (χ4n) is 3.87. The molecule has 0 radical (unpaired) electrons. The highest BCUT2D eigenvalue weighted by molar-refractivity contribution is 5.63. The molecule has 1 aliphatic heterocycles. The quantitative estimate of drug-likeness (QED) is 0.681. The minimum atomic E-state index is -4.38. The molecule has 4 rings (SSSR count). The first kappa shape index (κ1) is 20.9. The Morgan fingerprint density at radius 3 is 2.52 bits per heavy atom. The second-order valence-electron chi connectivity index (χ2n) is 7.64. The highest BCUT2D eigenvalue weighted by Crippen LogP contribution is 2.30. The zero-order chi connectivity index (χ0) is 22.0. The van der Waals surface area contributed by atoms with E-state index in [0.29, 0.717) is 24.5 Å². The maximum Gasteiger partial charge on any atom is 0.417 e. The number of anilines is 1. The number of hydrogen-bond donors (Lipinski definition) is 1. The SMILES string of the molecule is C[C@@H]1CN(Cc2cn[nH]c2-c2ccc(C#N)cc2)CCN1c1ccc(C(F)(F)F)cn1. The van der Waals surface area contributed by atoms with E-state index < -0.39 is 11.7 Å². The van der Waals surface area contributed by atoms with Crippen molar-refractivity contribution in [2.75, 3.05) is 24.5 Å². The number of nitrogens with zero attached hydrogens (tertiary/aromatic N) is 5. The molecule has 0 amide bonds. The average Bonchev–Trinajstić information content (AvgIpc) is 3.21. The van der Waals surface area contributed by atoms with E-state index in [2.05, 4.69) is 26.2 Å². The third-order valence-electron chi connectivity index (χ3n) is 5.50. The van der Waals surface area contributed by atoms with Gasteiger partial charge in [0.05, 0.1) is 29.1 Å². The Balaban J connectivity index is 1.42. The number of rotatable bonds is 4. The van der Waals surface area contributed by atoms with Gasteiger partial charge in [-0.1, -0.05) is 12.1 Å². The van der Waals surface area contributed by atoms with Crippen LogP contribution in [0.1, 0.15) is 23.6 Å². The van der Waals surface area contributed by atoms with Crippen LogP contribution in [0.4, 0.5) is 19.0 Å². The molecule has 31 heavy (non-hydrogen) atoms. The van der Waals surface area contributed by atoms with Gasteiger partial charge in [0, 0.05) is 44.0 Å². The number of aromatic amines is 1. The van der Waals surface area contributed by atoms with Crippen molar-refractivity contribution in [3.63, 3.8) is 0 Å². The number of nitriles is 1. The molecule has 1 atom stereocenters. The molecule has 0 spiro atoms. The van der Waals surface area contributed by atoms with Gasteiger partial charge in [-0.2, -0.15) is 23.5 Å². The van der Waals surface area contributed by atoms with Gasteiger partial charge in [-0.15, -0.1) is 0 Å². The highest BCUT2D eigenvalue weighted by Gasteiger charge is 2.31. The fourth-order valence-corrected chi connectivity index (χ4v) is 3.87. The van der Waals surface area contributed by atoms with Gasteiger partial charge in [-0.25, -0.2) is 4.98 Å². The van der Waals surface area contributed by atoms with Gasteiger partial charge in [0.25, 0.3) is 0 Å². The van der Waals surface area contributed by atoms with Crippen molar-refractivity contribution in [1.82, 2.24) is 20.1 Å². The van der Waals surface area contributed by atoms with E-state index in [-0.39, 0.29) is 6.04 Å². The zero-order valence-corrected chi connectivity index (χ0v) is 16.9. The van der Waals surface area contributed by atoms with Gasteiger partial charge in [0.15, 0.2) is 0 Å². The lowest BCUT2D eigenvalue weighted by molar-refractivity contribution is -0.137. The number of alkyl halides is 3. The smallest absolute Gasteiger partial charge is 0.351 e. The number of aromatic nitrogens is 3. The fraction of sp³-hybridized carbons (Fsp3) is 0.318. The first-order chi connectivity index (χ1) is 14.8. The van der Waals surface area contributed by atoms with Crippen LogP contribution in [0.25, 0.3) is 11.3 Å². The van der Waals surface area contributed by atoms with Crippen molar-refractivity contribution in [3.05, 3.63) is 65.5 Å². The van der Waals surface area contributed by atoms with Crippen LogP contribution in [0.15, 0.2) is 48.8 Å². The molecule has 0 saturated carbocycles. The number of halogens is 3. The van der Waals surface area contributed by atoms with Crippen LogP contribution in [0, 0.1) is 11.3 Å². The number of H-pyrrole nitrogens is 1. The summed E-state index contributed by atoms with van der Waals surface area (Å²) in [5.74, 6) is 0.557. The lowest BCUT2D eigenvalue weighted by Crippen LogP contribution is -2.51. The molecule has 0 bridgehead atoms. The molecule has 9 heteroatoms. The molecule has 3 heterocycles. The summed E-state index contributed by atoms with van der Waals surface area (Å²) in [7, 11) is 0. The van der Waals surface area contributed by atoms with E-state index in [9.17, 15) is 13.2 Å². The van der Waals surface area contributed by atoms with E-state index in [4.69, 9.17) is 5.26 Å². The Morgan fingerprint density at radius 2 is 1.90 bits per heavy atom. The van der Waals surface area contributed by atoms with Crippen LogP contribution in [-0.4, -0.2) is 45.8 Å². The molecule has 1 aromatic carbocycles. The Morgan fingerprint density at radius 1 is 1.13 bits per heavy atom. The minimum absolute atomic E-state index is 0.100. The van der Waals surface area contributed by atoms with Gasteiger partial charge >= 0.3 is 6.18 Å². The maximum absolute atomic E-state index is 12.8. The van der Waals surface area contributed by atoms with Crippen LogP contribution in [0.2, 0.25) is 0 Å². The predicted octanol–water partition coefficient (Wildman–Crippen LogP) is 4.07. The average molecular weight is 426 g/mol. The third kappa shape index (κ3) is 4.54. The standard InChI is InChI=1S/C22H21F3N6/c1-15-13-30(8-9-31(15)20-7-6-19(12-27-20)22(23,24)25)14-18-11-28-29-21(18)17-4-2-16(10-26)3-5-17/h2-7,11-12,15H,8-9,13-14H2,1H3,(H,28,29)/t15-/m1/s1. The van der Waals surface area contributed by atoms with E-state index in [1.165, 1.54) is 6.07 Å². The molecule has 0 unspecified atom stereocenters. The minimum Gasteiger partial charge on any atom is -0.351 e. The Bertz CT molecular complexity index is 1070. The van der Waals surface area contributed by atoms with Gasteiger partial charge in [-0.3, -0.25) is 10.00 Å². The second kappa shape index (κ2) is 8.40. The first-order valence-electron chi connectivity index (χ1n) is 9.90. The molecule has 6 nitrogen and oxygen atoms in total. The molecule has 160 valence electrons. The van der Waals surface area contributed by atoms with E-state index in [1.54, 1.807) is 12.1 Å². The van der Waals surface area contributed by atoms with Crippen molar-refractivity contribution in [1.29, 1.82) is 5.26 Å². The number of piperazine rings is 1. The molecule has 1 fully saturated rings. The molecular weight excluding hydrogens is 405 g/mol. The molecular formula is C22H21F3N6. The summed E-state index contributed by atoms with van der Waals surface area (Å²) in [6.45, 7) is 4.92. The molecule has 1 aliphatic rings. The van der Waals surface area contributed by atoms with E-state index in [0.717, 1.165) is 42.2 Å². The Hall–Kier alpha value is -3.38. The number of benzene rings is 1. The van der Waals surface area contributed by atoms with Gasteiger partial charge in [0.2, 0.25) is 0 Å². The summed E-state index contributed by atoms with van der Waals surface area (Å²) in [6, 6.07) is 12.1. The van der Waals surface area contributed by atoms with Gasteiger partial charge in [0.1, 0.15) is 5.82 Å². The van der Waals surface area contributed by atoms with Crippen molar-refractivity contribution in [2.24, 2.45) is 0 Å². The van der Waals surface area contributed by atoms with E-state index in [1.807, 2.05) is 30.2 Å². The number of hydrogen-bond acceptors (Lipinski definition) is 5. The molecule has 2 aromatic heterocycles. The Labute approximate surface area is 177 Å². The summed E-state index contributed by atoms with van der Waals surface area (Å²) in [4.78, 5) is 8.37. The van der Waals surface area contributed by atoms with Crippen molar-refractivity contribution < 1.29 is 13.2 Å². The maximum atomic E-state index is 12.8. The second-order valence-corrected chi connectivity index (χ2v) is 7.64. The largest absolute Gasteiger partial charge is 0.417 e. The molecule has 1 N–H and O–H groups in total. The summed E-state index contributed by atoms with van der Waals surface area (Å²) in [5.41, 5.74) is 2.80. The lowest BCUT2D eigenvalue weighted by atomic mass is 10.1. The van der Waals surface area contributed by atoms with Crippen LogP contribution >= 0.6 is 0 Å². The molecule has 0 aliphatic carbocycles. The van der Waals surface area contributed by atoms with Crippen molar-refractivity contribution >= 4 is 5.82 Å². The number of pyridine rings is 1. The van der Waals surface area contributed by atoms with Crippen LogP contribution in [-0.2, 0) is 12.7 Å². The third-order valence-corrected chi connectivity index (χ3v) is 5.50. The summed E-state index contributed by atoms with van der Waals surface area (Å²) >= 11 is 0. The Kier molecular flexibility index (Phi) is 5.65. The van der Waals surface area contributed by atoms with Gasteiger partial charge < -0.3 is 4.90 Å². The van der Waals surface area contributed by atoms with Crippen molar-refractivity contribution in [2.45, 2.75) is 25.7 Å². The zero-order valence-electron chi connectivity index (χ0n) is 16.9.